The van der Waals surface area contributed by atoms with Gasteiger partial charge in [-0.05, 0) is 70.7 Å². The Hall–Kier alpha value is -3.94. The second-order valence-electron chi connectivity index (χ2n) is 9.22. The van der Waals surface area contributed by atoms with Crippen LogP contribution in [0.5, 0.6) is 5.75 Å². The van der Waals surface area contributed by atoms with Gasteiger partial charge in [-0.1, -0.05) is 48.9 Å². The Bertz CT molecular complexity index is 1490. The van der Waals surface area contributed by atoms with Crippen LogP contribution in [-0.4, -0.2) is 54.8 Å². The lowest BCUT2D eigenvalue weighted by molar-refractivity contribution is -0.123. The maximum absolute atomic E-state index is 13.8. The number of nitrogens with one attached hydrogen (secondary N) is 2. The van der Waals surface area contributed by atoms with Crippen molar-refractivity contribution in [3.8, 4) is 5.75 Å². The minimum absolute atomic E-state index is 0.0424. The summed E-state index contributed by atoms with van der Waals surface area (Å²) in [5.74, 6) is 0.343. The summed E-state index contributed by atoms with van der Waals surface area (Å²) in [6.07, 6.45) is 5.84. The standard InChI is InChI=1S/C31H32ClFN4O2/c1-4-26(27-13-10-24(33)19-28(27)32)31(22-9-14-29-23(18-22)20-35-36-29)21-7-11-25(12-8-21)39-17-16-34-15-5-6-30(38)37(2)3/h5-14,18-20,34H,4,15-17H2,1-3H3,(H,35,36). The number of likely N-dealkylation sites (N-methyl/N-ethyl adjacent to an activating group) is 1. The number of nitrogens with zero attached hydrogens (tertiary/aromatic N) is 2. The van der Waals surface area contributed by atoms with Gasteiger partial charge in [0.25, 0.3) is 0 Å². The van der Waals surface area contributed by atoms with Crippen LogP contribution in [0.25, 0.3) is 22.0 Å². The van der Waals surface area contributed by atoms with Crippen LogP contribution in [0.15, 0.2) is 79.0 Å². The minimum Gasteiger partial charge on any atom is -0.492 e. The van der Waals surface area contributed by atoms with Crippen LogP contribution in [0.1, 0.15) is 30.0 Å². The van der Waals surface area contributed by atoms with Crippen molar-refractivity contribution in [3.63, 3.8) is 0 Å². The van der Waals surface area contributed by atoms with Crippen molar-refractivity contribution in [3.05, 3.63) is 107 Å². The van der Waals surface area contributed by atoms with Gasteiger partial charge in [0, 0.05) is 38.6 Å². The summed E-state index contributed by atoms with van der Waals surface area (Å²) >= 11 is 6.52. The summed E-state index contributed by atoms with van der Waals surface area (Å²) in [4.78, 5) is 13.1. The zero-order chi connectivity index (χ0) is 27.8. The van der Waals surface area contributed by atoms with Gasteiger partial charge in [0.1, 0.15) is 18.2 Å². The first-order valence-electron chi connectivity index (χ1n) is 12.8. The highest BCUT2D eigenvalue weighted by molar-refractivity contribution is 6.32. The number of hydrogen-bond acceptors (Lipinski definition) is 4. The van der Waals surface area contributed by atoms with Crippen molar-refractivity contribution >= 4 is 39.6 Å². The summed E-state index contributed by atoms with van der Waals surface area (Å²) in [5.41, 5.74) is 5.79. The number of allylic oxidation sites excluding steroid dienone is 1. The Labute approximate surface area is 233 Å². The lowest BCUT2D eigenvalue weighted by Crippen LogP contribution is -2.22. The van der Waals surface area contributed by atoms with Gasteiger partial charge >= 0.3 is 0 Å². The third-order valence-corrected chi connectivity index (χ3v) is 6.61. The van der Waals surface area contributed by atoms with Gasteiger partial charge in [-0.2, -0.15) is 5.10 Å². The largest absolute Gasteiger partial charge is 0.492 e. The molecule has 0 fully saturated rings. The van der Waals surface area contributed by atoms with Gasteiger partial charge in [-0.25, -0.2) is 4.39 Å². The van der Waals surface area contributed by atoms with Crippen LogP contribution < -0.4 is 10.1 Å². The molecule has 6 nitrogen and oxygen atoms in total. The number of ether oxygens (including phenoxy) is 1. The van der Waals surface area contributed by atoms with E-state index in [4.69, 9.17) is 16.3 Å². The molecule has 0 unspecified atom stereocenters. The summed E-state index contributed by atoms with van der Waals surface area (Å²) in [6, 6.07) is 18.6. The fourth-order valence-corrected chi connectivity index (χ4v) is 4.58. The van der Waals surface area contributed by atoms with E-state index in [1.165, 1.54) is 17.0 Å². The van der Waals surface area contributed by atoms with Crippen molar-refractivity contribution in [1.29, 1.82) is 0 Å². The number of aromatic nitrogens is 2. The summed E-state index contributed by atoms with van der Waals surface area (Å²) < 4.78 is 19.8. The van der Waals surface area contributed by atoms with E-state index in [1.807, 2.05) is 30.3 Å². The normalized spacial score (nSPS) is 12.1. The highest BCUT2D eigenvalue weighted by Crippen LogP contribution is 2.38. The van der Waals surface area contributed by atoms with Crippen molar-refractivity contribution in [2.75, 3.05) is 33.8 Å². The minimum atomic E-state index is -0.366. The molecule has 1 heterocycles. The molecule has 4 aromatic rings. The molecule has 2 N–H and O–H groups in total. The fourth-order valence-electron chi connectivity index (χ4n) is 4.30. The topological polar surface area (TPSA) is 70.2 Å². The van der Waals surface area contributed by atoms with Gasteiger partial charge in [0.05, 0.1) is 16.7 Å². The second kappa shape index (κ2) is 13.2. The zero-order valence-corrected chi connectivity index (χ0v) is 23.1. The molecule has 0 atom stereocenters. The number of carbonyl (C=O) groups is 1. The van der Waals surface area contributed by atoms with Gasteiger partial charge in [-0.3, -0.25) is 9.89 Å². The number of carbonyl (C=O) groups excluding carboxylic acids is 1. The first kappa shape index (κ1) is 28.1. The van der Waals surface area contributed by atoms with E-state index in [-0.39, 0.29) is 11.7 Å². The highest BCUT2D eigenvalue weighted by atomic mass is 35.5. The zero-order valence-electron chi connectivity index (χ0n) is 22.3. The molecule has 0 bridgehead atoms. The number of H-pyrrole nitrogens is 1. The monoisotopic (exact) mass is 546 g/mol. The molecule has 0 saturated carbocycles. The Kier molecular flexibility index (Phi) is 9.52. The van der Waals surface area contributed by atoms with Crippen LogP contribution in [0.3, 0.4) is 0 Å². The van der Waals surface area contributed by atoms with Crippen LogP contribution in [0.4, 0.5) is 4.39 Å². The number of halogens is 2. The molecule has 8 heteroatoms. The van der Waals surface area contributed by atoms with Gasteiger partial charge in [0.15, 0.2) is 0 Å². The second-order valence-corrected chi connectivity index (χ2v) is 9.62. The lowest BCUT2D eigenvalue weighted by atomic mass is 9.87. The molecule has 1 aromatic heterocycles. The molecule has 0 saturated heterocycles. The average molecular weight is 547 g/mol. The smallest absolute Gasteiger partial charge is 0.245 e. The predicted octanol–water partition coefficient (Wildman–Crippen LogP) is 6.34. The summed E-state index contributed by atoms with van der Waals surface area (Å²) in [6.45, 7) is 3.78. The van der Waals surface area contributed by atoms with Crippen LogP contribution in [-0.2, 0) is 4.79 Å². The maximum Gasteiger partial charge on any atom is 0.245 e. The number of fused-ring (bicyclic) bond motifs is 1. The number of rotatable bonds is 11. The van der Waals surface area contributed by atoms with Gasteiger partial charge < -0.3 is 15.0 Å². The van der Waals surface area contributed by atoms with E-state index in [0.717, 1.165) is 44.5 Å². The fraction of sp³-hybridized carbons (Fsp3) is 0.226. The Balaban J connectivity index is 1.55. The quantitative estimate of drug-likeness (QED) is 0.131. The molecule has 0 radical (unpaired) electrons. The van der Waals surface area contributed by atoms with E-state index in [1.54, 1.807) is 38.5 Å². The molecule has 4 rings (SSSR count). The highest BCUT2D eigenvalue weighted by Gasteiger charge is 2.16. The number of benzene rings is 3. The van der Waals surface area contributed by atoms with Crippen molar-refractivity contribution in [2.24, 2.45) is 0 Å². The third kappa shape index (κ3) is 7.13. The Morgan fingerprint density at radius 1 is 1.10 bits per heavy atom. The average Bonchev–Trinajstić information content (AvgIpc) is 3.40. The molecule has 39 heavy (non-hydrogen) atoms. The van der Waals surface area contributed by atoms with Crippen molar-refractivity contribution < 1.29 is 13.9 Å². The SMILES string of the molecule is CCC(=C(c1ccc(OCCNCC=CC(=O)N(C)C)cc1)c1ccc2[nH]ncc2c1)c1ccc(F)cc1Cl. The van der Waals surface area contributed by atoms with Crippen LogP contribution in [0, 0.1) is 5.82 Å². The Morgan fingerprint density at radius 3 is 2.59 bits per heavy atom. The third-order valence-electron chi connectivity index (χ3n) is 6.29. The maximum atomic E-state index is 13.8. The molecule has 3 aromatic carbocycles. The van der Waals surface area contributed by atoms with E-state index in [9.17, 15) is 9.18 Å². The molecule has 202 valence electrons. The molecule has 0 aliphatic heterocycles. The summed E-state index contributed by atoms with van der Waals surface area (Å²) in [5, 5.41) is 11.8. The number of amides is 1. The number of aromatic amines is 1. The molecule has 0 aliphatic rings. The van der Waals surface area contributed by atoms with Crippen molar-refractivity contribution in [2.45, 2.75) is 13.3 Å². The first-order chi connectivity index (χ1) is 18.9. The molecule has 0 aliphatic carbocycles. The van der Waals surface area contributed by atoms with Crippen LogP contribution >= 0.6 is 11.6 Å². The van der Waals surface area contributed by atoms with E-state index < -0.39 is 0 Å². The van der Waals surface area contributed by atoms with E-state index in [0.29, 0.717) is 31.1 Å². The lowest BCUT2D eigenvalue weighted by Gasteiger charge is -2.18. The van der Waals surface area contributed by atoms with E-state index >= 15 is 0 Å². The first-order valence-corrected chi connectivity index (χ1v) is 13.2. The predicted molar refractivity (Wildman–Crippen MR) is 156 cm³/mol. The van der Waals surface area contributed by atoms with Gasteiger partial charge in [0.2, 0.25) is 5.91 Å². The molecular weight excluding hydrogens is 515 g/mol. The summed E-state index contributed by atoms with van der Waals surface area (Å²) in [7, 11) is 3.44. The number of hydrogen-bond donors (Lipinski definition) is 2. The van der Waals surface area contributed by atoms with E-state index in [2.05, 4.69) is 34.6 Å². The molecular formula is C31H32ClFN4O2. The van der Waals surface area contributed by atoms with Crippen LogP contribution in [0.2, 0.25) is 5.02 Å². The molecule has 0 spiro atoms. The van der Waals surface area contributed by atoms with Crippen molar-refractivity contribution in [1.82, 2.24) is 20.4 Å². The Morgan fingerprint density at radius 2 is 1.87 bits per heavy atom. The van der Waals surface area contributed by atoms with Gasteiger partial charge in [-0.15, -0.1) is 0 Å². The molecule has 1 amide bonds.